The van der Waals surface area contributed by atoms with Crippen LogP contribution >= 0.6 is 0 Å². The van der Waals surface area contributed by atoms with Crippen molar-refractivity contribution in [3.63, 3.8) is 0 Å². The van der Waals surface area contributed by atoms with Gasteiger partial charge in [0.05, 0.1) is 39.6 Å². The van der Waals surface area contributed by atoms with Crippen LogP contribution in [0.3, 0.4) is 0 Å². The van der Waals surface area contributed by atoms with Crippen LogP contribution in [0.4, 0.5) is 0 Å². The predicted octanol–water partition coefficient (Wildman–Crippen LogP) is 0.682. The zero-order valence-corrected chi connectivity index (χ0v) is 11.2. The largest absolute Gasteiger partial charge is 0.379 e. The van der Waals surface area contributed by atoms with Gasteiger partial charge in [0.1, 0.15) is 0 Å². The maximum absolute atomic E-state index is 5.35. The van der Waals surface area contributed by atoms with Crippen LogP contribution in [-0.2, 0) is 18.9 Å². The van der Waals surface area contributed by atoms with Crippen molar-refractivity contribution in [2.75, 3.05) is 65.9 Å². The zero-order valence-electron chi connectivity index (χ0n) is 11.2. The monoisotopic (exact) mass is 249 g/mol. The molecule has 0 atom stereocenters. The van der Waals surface area contributed by atoms with Gasteiger partial charge in [0.25, 0.3) is 0 Å². The number of ether oxygens (including phenoxy) is 4. The van der Waals surface area contributed by atoms with Crippen LogP contribution in [-0.4, -0.2) is 65.9 Å². The maximum atomic E-state index is 5.35. The van der Waals surface area contributed by atoms with E-state index < -0.39 is 0 Å². The van der Waals surface area contributed by atoms with E-state index in [1.165, 1.54) is 0 Å². The Hall–Kier alpha value is -0.200. The summed E-state index contributed by atoms with van der Waals surface area (Å²) in [6.07, 6.45) is 0. The molecule has 1 N–H and O–H groups in total. The smallest absolute Gasteiger partial charge is 0.0701 e. The van der Waals surface area contributed by atoms with Crippen molar-refractivity contribution in [3.8, 4) is 0 Å². The first-order valence-corrected chi connectivity index (χ1v) is 6.43. The van der Waals surface area contributed by atoms with Crippen molar-refractivity contribution in [1.29, 1.82) is 0 Å². The molecule has 0 aromatic heterocycles. The van der Waals surface area contributed by atoms with Crippen molar-refractivity contribution < 1.29 is 18.9 Å². The lowest BCUT2D eigenvalue weighted by molar-refractivity contribution is 0.0475. The van der Waals surface area contributed by atoms with Crippen LogP contribution in [0.25, 0.3) is 0 Å². The molecule has 0 spiro atoms. The lowest BCUT2D eigenvalue weighted by atomic mass is 10.6. The highest BCUT2D eigenvalue weighted by Crippen LogP contribution is 1.79. The van der Waals surface area contributed by atoms with E-state index in [1.54, 1.807) is 0 Å². The third-order valence-corrected chi connectivity index (χ3v) is 2.00. The number of nitrogens with one attached hydrogen (secondary N) is 1. The summed E-state index contributed by atoms with van der Waals surface area (Å²) in [5.74, 6) is 0. The van der Waals surface area contributed by atoms with Gasteiger partial charge in [-0.25, -0.2) is 0 Å². The second kappa shape index (κ2) is 15.8. The van der Waals surface area contributed by atoms with E-state index in [4.69, 9.17) is 18.9 Å². The summed E-state index contributed by atoms with van der Waals surface area (Å²) >= 11 is 0. The standard InChI is InChI=1S/C12H27NO4/c1-3-14-9-11-16-7-5-13-6-8-17-12-10-15-4-2/h13H,3-12H2,1-2H3. The minimum absolute atomic E-state index is 0.667. The number of hydrogen-bond acceptors (Lipinski definition) is 5. The fraction of sp³-hybridized carbons (Fsp3) is 1.00. The molecule has 0 aromatic carbocycles. The Morgan fingerprint density at radius 1 is 0.588 bits per heavy atom. The predicted molar refractivity (Wildman–Crippen MR) is 67.5 cm³/mol. The minimum Gasteiger partial charge on any atom is -0.379 e. The van der Waals surface area contributed by atoms with Crippen LogP contribution in [0, 0.1) is 0 Å². The summed E-state index contributed by atoms with van der Waals surface area (Å²) in [4.78, 5) is 0. The minimum atomic E-state index is 0.667. The van der Waals surface area contributed by atoms with E-state index in [0.29, 0.717) is 39.6 Å². The summed E-state index contributed by atoms with van der Waals surface area (Å²) < 4.78 is 21.0. The van der Waals surface area contributed by atoms with Crippen LogP contribution in [0.2, 0.25) is 0 Å². The molecule has 0 aliphatic rings. The molecule has 0 bridgehead atoms. The summed E-state index contributed by atoms with van der Waals surface area (Å²) in [5.41, 5.74) is 0. The van der Waals surface area contributed by atoms with Crippen LogP contribution in [0.5, 0.6) is 0 Å². The third-order valence-electron chi connectivity index (χ3n) is 2.00. The Kier molecular flexibility index (Phi) is 15.6. The molecule has 0 saturated carbocycles. The molecule has 0 amide bonds. The number of rotatable bonds is 14. The molecule has 0 aliphatic carbocycles. The average molecular weight is 249 g/mol. The summed E-state index contributed by atoms with van der Waals surface area (Å²) in [7, 11) is 0. The van der Waals surface area contributed by atoms with Gasteiger partial charge in [-0.05, 0) is 13.8 Å². The first-order chi connectivity index (χ1) is 8.41. The quantitative estimate of drug-likeness (QED) is 0.459. The van der Waals surface area contributed by atoms with Crippen molar-refractivity contribution in [2.24, 2.45) is 0 Å². The molecule has 0 rings (SSSR count). The molecule has 0 unspecified atom stereocenters. The molecule has 0 aromatic rings. The molecule has 0 saturated heterocycles. The van der Waals surface area contributed by atoms with Crippen LogP contribution in [0.1, 0.15) is 13.8 Å². The Morgan fingerprint density at radius 2 is 1.00 bits per heavy atom. The summed E-state index contributed by atoms with van der Waals surface area (Å²) in [6.45, 7) is 11.3. The normalized spacial score (nSPS) is 10.9. The molecule has 5 heteroatoms. The second-order valence-electron chi connectivity index (χ2n) is 3.37. The van der Waals surface area contributed by atoms with Gasteiger partial charge in [0.2, 0.25) is 0 Å². The van der Waals surface area contributed by atoms with Gasteiger partial charge >= 0.3 is 0 Å². The molecule has 0 heterocycles. The molecular formula is C12H27NO4. The fourth-order valence-corrected chi connectivity index (χ4v) is 1.14. The van der Waals surface area contributed by atoms with E-state index in [0.717, 1.165) is 26.3 Å². The lowest BCUT2D eigenvalue weighted by Gasteiger charge is -2.07. The van der Waals surface area contributed by atoms with Gasteiger partial charge in [-0.3, -0.25) is 0 Å². The van der Waals surface area contributed by atoms with Crippen molar-refractivity contribution in [1.82, 2.24) is 5.32 Å². The van der Waals surface area contributed by atoms with Gasteiger partial charge in [0.15, 0.2) is 0 Å². The molecule has 104 valence electrons. The molecular weight excluding hydrogens is 222 g/mol. The average Bonchev–Trinajstić information content (AvgIpc) is 2.35. The Balaban J connectivity index is 2.85. The van der Waals surface area contributed by atoms with Gasteiger partial charge in [0, 0.05) is 26.3 Å². The lowest BCUT2D eigenvalue weighted by Crippen LogP contribution is -2.25. The summed E-state index contributed by atoms with van der Waals surface area (Å²) in [5, 5.41) is 3.24. The van der Waals surface area contributed by atoms with Gasteiger partial charge in [-0.1, -0.05) is 0 Å². The topological polar surface area (TPSA) is 49.0 Å². The fourth-order valence-electron chi connectivity index (χ4n) is 1.14. The molecule has 0 aliphatic heterocycles. The van der Waals surface area contributed by atoms with E-state index in [1.807, 2.05) is 13.8 Å². The first kappa shape index (κ1) is 16.8. The second-order valence-corrected chi connectivity index (χ2v) is 3.37. The highest BCUT2D eigenvalue weighted by atomic mass is 16.5. The first-order valence-electron chi connectivity index (χ1n) is 6.43. The van der Waals surface area contributed by atoms with Crippen LogP contribution < -0.4 is 5.32 Å². The van der Waals surface area contributed by atoms with E-state index in [9.17, 15) is 0 Å². The van der Waals surface area contributed by atoms with Crippen molar-refractivity contribution in [3.05, 3.63) is 0 Å². The van der Waals surface area contributed by atoms with Crippen molar-refractivity contribution in [2.45, 2.75) is 13.8 Å². The molecule has 0 radical (unpaired) electrons. The van der Waals surface area contributed by atoms with E-state index in [2.05, 4.69) is 5.32 Å². The van der Waals surface area contributed by atoms with E-state index in [-0.39, 0.29) is 0 Å². The van der Waals surface area contributed by atoms with Crippen molar-refractivity contribution >= 4 is 0 Å². The summed E-state index contributed by atoms with van der Waals surface area (Å²) in [6, 6.07) is 0. The van der Waals surface area contributed by atoms with E-state index >= 15 is 0 Å². The maximum Gasteiger partial charge on any atom is 0.0701 e. The Morgan fingerprint density at radius 3 is 1.41 bits per heavy atom. The highest BCUT2D eigenvalue weighted by Gasteiger charge is 1.91. The van der Waals surface area contributed by atoms with Crippen LogP contribution in [0.15, 0.2) is 0 Å². The SMILES string of the molecule is CCOCCOCCNCCOCCOCC. The molecule has 5 nitrogen and oxygen atoms in total. The Labute approximate surface area is 105 Å². The van der Waals surface area contributed by atoms with Gasteiger partial charge in [-0.2, -0.15) is 0 Å². The molecule has 17 heavy (non-hydrogen) atoms. The third kappa shape index (κ3) is 15.8. The number of hydrogen-bond donors (Lipinski definition) is 1. The zero-order chi connectivity index (χ0) is 12.6. The van der Waals surface area contributed by atoms with Gasteiger partial charge in [-0.15, -0.1) is 0 Å². The van der Waals surface area contributed by atoms with Gasteiger partial charge < -0.3 is 24.3 Å². The Bertz CT molecular complexity index is 122. The highest BCUT2D eigenvalue weighted by molar-refractivity contribution is 4.45. The molecule has 0 fully saturated rings.